The van der Waals surface area contributed by atoms with E-state index < -0.39 is 10.0 Å². The predicted molar refractivity (Wildman–Crippen MR) is 75.6 cm³/mol. The van der Waals surface area contributed by atoms with E-state index in [0.717, 1.165) is 0 Å². The number of hydrogen-bond donors (Lipinski definition) is 2. The van der Waals surface area contributed by atoms with Crippen molar-refractivity contribution in [2.45, 2.75) is 11.3 Å². The highest BCUT2D eigenvalue weighted by Crippen LogP contribution is 2.10. The van der Waals surface area contributed by atoms with Gasteiger partial charge in [0.15, 0.2) is 6.33 Å². The van der Waals surface area contributed by atoms with E-state index in [-0.39, 0.29) is 18.0 Å². The van der Waals surface area contributed by atoms with Gasteiger partial charge in [-0.05, 0) is 18.2 Å². The molecule has 0 spiro atoms. The fraction of sp³-hybridized carbons (Fsp3) is 0.231. The molecule has 0 amide bonds. The van der Waals surface area contributed by atoms with Crippen molar-refractivity contribution < 1.29 is 12.9 Å². The number of rotatable bonds is 5. The summed E-state index contributed by atoms with van der Waals surface area (Å²) in [7, 11) is -3.60. The Morgan fingerprint density at radius 2 is 2.24 bits per heavy atom. The fourth-order valence-electron chi connectivity index (χ4n) is 1.58. The Labute approximate surface area is 122 Å². The summed E-state index contributed by atoms with van der Waals surface area (Å²) in [6, 6.07) is 6.35. The molecule has 1 heterocycles. The maximum Gasteiger partial charge on any atom is 0.240 e. The molecule has 1 aromatic carbocycles. The van der Waals surface area contributed by atoms with Crippen molar-refractivity contribution in [3.05, 3.63) is 42.0 Å². The van der Waals surface area contributed by atoms with E-state index in [4.69, 9.17) is 10.3 Å². The molecule has 2 rings (SSSR count). The van der Waals surface area contributed by atoms with Gasteiger partial charge in [-0.1, -0.05) is 23.1 Å². The Balaban J connectivity index is 2.04. The van der Waals surface area contributed by atoms with Gasteiger partial charge in [0.2, 0.25) is 15.9 Å². The van der Waals surface area contributed by atoms with E-state index in [1.807, 2.05) is 0 Å². The first-order valence-electron chi connectivity index (χ1n) is 6.16. The lowest BCUT2D eigenvalue weighted by Gasteiger charge is -2.05. The van der Waals surface area contributed by atoms with Crippen LogP contribution in [0.15, 0.2) is 40.0 Å². The van der Waals surface area contributed by atoms with Crippen molar-refractivity contribution in [2.24, 2.45) is 5.73 Å². The van der Waals surface area contributed by atoms with Gasteiger partial charge < -0.3 is 10.3 Å². The van der Waals surface area contributed by atoms with E-state index >= 15 is 0 Å². The summed E-state index contributed by atoms with van der Waals surface area (Å²) in [6.45, 7) is 0.392. The standard InChI is InChI=1S/C13H14N4O3S/c14-7-2-4-11-3-1-5-12(9-11)21(18,19)17-8-6-13-15-10-16-20-13/h1,3,5,9-10,17H,6-8,14H2. The first-order valence-corrected chi connectivity index (χ1v) is 7.64. The zero-order valence-electron chi connectivity index (χ0n) is 11.1. The van der Waals surface area contributed by atoms with Crippen LogP contribution < -0.4 is 10.5 Å². The number of nitrogens with two attached hydrogens (primary N) is 1. The van der Waals surface area contributed by atoms with E-state index in [1.165, 1.54) is 18.5 Å². The quantitative estimate of drug-likeness (QED) is 0.746. The summed E-state index contributed by atoms with van der Waals surface area (Å²) >= 11 is 0. The predicted octanol–water partition coefficient (Wildman–Crippen LogP) is -0.0992. The Hall–Kier alpha value is -2.21. The minimum Gasteiger partial charge on any atom is -0.340 e. The molecule has 0 unspecified atom stereocenters. The van der Waals surface area contributed by atoms with Crippen molar-refractivity contribution in [1.29, 1.82) is 0 Å². The third kappa shape index (κ3) is 4.39. The maximum absolute atomic E-state index is 12.1. The fourth-order valence-corrected chi connectivity index (χ4v) is 2.65. The third-order valence-electron chi connectivity index (χ3n) is 2.52. The highest BCUT2D eigenvalue weighted by Gasteiger charge is 2.14. The Morgan fingerprint density at radius 3 is 2.95 bits per heavy atom. The summed E-state index contributed by atoms with van der Waals surface area (Å²) in [4.78, 5) is 3.96. The van der Waals surface area contributed by atoms with Gasteiger partial charge in [-0.25, -0.2) is 13.1 Å². The SMILES string of the molecule is NCC#Cc1cccc(S(=O)(=O)NCCc2ncno2)c1. The van der Waals surface area contributed by atoms with Crippen molar-refractivity contribution in [2.75, 3.05) is 13.1 Å². The lowest BCUT2D eigenvalue weighted by molar-refractivity contribution is 0.377. The van der Waals surface area contributed by atoms with Crippen LogP contribution in [0.2, 0.25) is 0 Å². The summed E-state index contributed by atoms with van der Waals surface area (Å²) in [5.74, 6) is 5.85. The summed E-state index contributed by atoms with van der Waals surface area (Å²) in [5, 5.41) is 3.45. The molecule has 8 heteroatoms. The molecule has 0 aliphatic heterocycles. The number of aromatic nitrogens is 2. The molecule has 0 saturated carbocycles. The average molecular weight is 306 g/mol. The molecular weight excluding hydrogens is 292 g/mol. The molecule has 0 aliphatic carbocycles. The highest BCUT2D eigenvalue weighted by atomic mass is 32.2. The molecule has 1 aromatic heterocycles. The van der Waals surface area contributed by atoms with Crippen LogP contribution in [0.25, 0.3) is 0 Å². The minimum absolute atomic E-state index is 0.150. The first kappa shape index (κ1) is 15.2. The Morgan fingerprint density at radius 1 is 1.38 bits per heavy atom. The number of nitrogens with one attached hydrogen (secondary N) is 1. The van der Waals surface area contributed by atoms with Crippen molar-refractivity contribution in [3.8, 4) is 11.8 Å². The van der Waals surface area contributed by atoms with Crippen molar-refractivity contribution in [1.82, 2.24) is 14.9 Å². The second kappa shape index (κ2) is 6.99. The van der Waals surface area contributed by atoms with E-state index in [0.29, 0.717) is 17.9 Å². The average Bonchev–Trinajstić information content (AvgIpc) is 2.98. The monoisotopic (exact) mass is 306 g/mol. The summed E-state index contributed by atoms with van der Waals surface area (Å²) in [6.07, 6.45) is 1.59. The number of benzene rings is 1. The maximum atomic E-state index is 12.1. The largest absolute Gasteiger partial charge is 0.340 e. The Bertz CT molecular complexity index is 745. The lowest BCUT2D eigenvalue weighted by Crippen LogP contribution is -2.26. The second-order valence-corrected chi connectivity index (χ2v) is 5.78. The molecule has 3 N–H and O–H groups in total. The van der Waals surface area contributed by atoms with Gasteiger partial charge >= 0.3 is 0 Å². The van der Waals surface area contributed by atoms with Gasteiger partial charge in [-0.3, -0.25) is 0 Å². The second-order valence-electron chi connectivity index (χ2n) is 4.02. The molecule has 0 atom stereocenters. The molecule has 0 aliphatic rings. The van der Waals surface area contributed by atoms with Gasteiger partial charge in [0.25, 0.3) is 0 Å². The summed E-state index contributed by atoms with van der Waals surface area (Å²) in [5.41, 5.74) is 5.89. The molecular formula is C13H14N4O3S. The van der Waals surface area contributed by atoms with Crippen LogP contribution in [0.1, 0.15) is 11.5 Å². The van der Waals surface area contributed by atoms with E-state index in [1.54, 1.807) is 12.1 Å². The first-order chi connectivity index (χ1) is 10.1. The van der Waals surface area contributed by atoms with Crippen LogP contribution in [0.3, 0.4) is 0 Å². The smallest absolute Gasteiger partial charge is 0.240 e. The number of sulfonamides is 1. The Kier molecular flexibility index (Phi) is 5.05. The zero-order valence-corrected chi connectivity index (χ0v) is 11.9. The van der Waals surface area contributed by atoms with Crippen LogP contribution in [0, 0.1) is 11.8 Å². The molecule has 7 nitrogen and oxygen atoms in total. The van der Waals surface area contributed by atoms with Crippen LogP contribution in [-0.2, 0) is 16.4 Å². The van der Waals surface area contributed by atoms with Crippen molar-refractivity contribution in [3.63, 3.8) is 0 Å². The zero-order chi connectivity index (χ0) is 15.1. The van der Waals surface area contributed by atoms with Crippen molar-refractivity contribution >= 4 is 10.0 Å². The molecule has 0 bridgehead atoms. The minimum atomic E-state index is -3.60. The number of hydrogen-bond acceptors (Lipinski definition) is 6. The third-order valence-corrected chi connectivity index (χ3v) is 3.98. The van der Waals surface area contributed by atoms with Gasteiger partial charge in [0.1, 0.15) is 0 Å². The number of nitrogens with zero attached hydrogens (tertiary/aromatic N) is 2. The van der Waals surface area contributed by atoms with Gasteiger partial charge in [-0.2, -0.15) is 4.98 Å². The normalized spacial score (nSPS) is 10.9. The summed E-state index contributed by atoms with van der Waals surface area (Å²) < 4.78 is 31.5. The highest BCUT2D eigenvalue weighted by molar-refractivity contribution is 7.89. The molecule has 2 aromatic rings. The molecule has 110 valence electrons. The van der Waals surface area contributed by atoms with Crippen LogP contribution >= 0.6 is 0 Å². The van der Waals surface area contributed by atoms with Crippen LogP contribution in [-0.4, -0.2) is 31.6 Å². The van der Waals surface area contributed by atoms with E-state index in [9.17, 15) is 8.42 Å². The molecule has 0 fully saturated rings. The van der Waals surface area contributed by atoms with Gasteiger partial charge in [-0.15, -0.1) is 0 Å². The molecule has 0 radical (unpaired) electrons. The van der Waals surface area contributed by atoms with Gasteiger partial charge in [0.05, 0.1) is 11.4 Å². The van der Waals surface area contributed by atoms with Crippen LogP contribution in [0.4, 0.5) is 0 Å². The van der Waals surface area contributed by atoms with E-state index in [2.05, 4.69) is 26.7 Å². The molecule has 0 saturated heterocycles. The topological polar surface area (TPSA) is 111 Å². The van der Waals surface area contributed by atoms with Gasteiger partial charge in [0, 0.05) is 18.5 Å². The van der Waals surface area contributed by atoms with Crippen LogP contribution in [0.5, 0.6) is 0 Å². The lowest BCUT2D eigenvalue weighted by atomic mass is 10.2. The molecule has 21 heavy (non-hydrogen) atoms.